The fourth-order valence-electron chi connectivity index (χ4n) is 4.99. The van der Waals surface area contributed by atoms with E-state index in [1.54, 1.807) is 12.1 Å². The maximum absolute atomic E-state index is 14.5. The molecule has 1 heterocycles. The van der Waals surface area contributed by atoms with Crippen LogP contribution in [0.25, 0.3) is 0 Å². The predicted molar refractivity (Wildman–Crippen MR) is 178 cm³/mol. The van der Waals surface area contributed by atoms with E-state index in [1.807, 2.05) is 61.5 Å². The molecule has 0 saturated carbocycles. The van der Waals surface area contributed by atoms with Gasteiger partial charge >= 0.3 is 5.97 Å². The SMILES string of the molecule is Cc1ccc(Oc2ccc(S(=O)(=O)N(CCCO[Si](C)(C)C(C)(C)C)C3(C(=O)OCc4ccccc4)CCOCC3)cc2)cc1. The summed E-state index contributed by atoms with van der Waals surface area (Å²) >= 11 is 0. The Morgan fingerprint density at radius 1 is 0.911 bits per heavy atom. The van der Waals surface area contributed by atoms with Crippen molar-refractivity contribution in [1.29, 1.82) is 0 Å². The first kappa shape index (κ1) is 34.8. The van der Waals surface area contributed by atoms with Crippen molar-refractivity contribution in [1.82, 2.24) is 4.31 Å². The number of aryl methyl sites for hydroxylation is 1. The summed E-state index contributed by atoms with van der Waals surface area (Å²) in [5, 5.41) is 0.0182. The number of hydrogen-bond donors (Lipinski definition) is 0. The molecule has 8 nitrogen and oxygen atoms in total. The van der Waals surface area contributed by atoms with E-state index < -0.39 is 29.8 Å². The van der Waals surface area contributed by atoms with Crippen molar-refractivity contribution in [3.05, 3.63) is 90.0 Å². The molecule has 0 amide bonds. The van der Waals surface area contributed by atoms with Crippen molar-refractivity contribution in [3.63, 3.8) is 0 Å². The Bertz CT molecular complexity index is 1500. The van der Waals surface area contributed by atoms with Crippen LogP contribution in [0.2, 0.25) is 18.1 Å². The average Bonchev–Trinajstić information content (AvgIpc) is 3.01. The van der Waals surface area contributed by atoms with Crippen LogP contribution in [0.5, 0.6) is 11.5 Å². The Morgan fingerprint density at radius 2 is 1.49 bits per heavy atom. The maximum atomic E-state index is 14.5. The lowest BCUT2D eigenvalue weighted by Crippen LogP contribution is -2.60. The van der Waals surface area contributed by atoms with Crippen molar-refractivity contribution in [2.75, 3.05) is 26.4 Å². The van der Waals surface area contributed by atoms with Gasteiger partial charge in [0.25, 0.3) is 0 Å². The number of rotatable bonds is 13. The smallest absolute Gasteiger partial charge is 0.328 e. The number of carbonyl (C=O) groups excluding carboxylic acids is 1. The van der Waals surface area contributed by atoms with Gasteiger partial charge in [0.1, 0.15) is 23.6 Å². The molecule has 1 aliphatic rings. The third-order valence-corrected chi connectivity index (χ3v) is 15.4. The molecule has 0 N–H and O–H groups in total. The van der Waals surface area contributed by atoms with Crippen LogP contribution in [0.1, 0.15) is 51.2 Å². The molecular formula is C35H47NO7SSi. The van der Waals surface area contributed by atoms with E-state index in [2.05, 4.69) is 33.9 Å². The summed E-state index contributed by atoms with van der Waals surface area (Å²) in [6, 6.07) is 23.3. The molecule has 4 rings (SSSR count). The van der Waals surface area contributed by atoms with Gasteiger partial charge in [0.2, 0.25) is 10.0 Å². The van der Waals surface area contributed by atoms with E-state index in [-0.39, 0.29) is 49.1 Å². The number of nitrogens with zero attached hydrogens (tertiary/aromatic N) is 1. The zero-order valence-corrected chi connectivity index (χ0v) is 29.2. The van der Waals surface area contributed by atoms with Crippen molar-refractivity contribution < 1.29 is 31.8 Å². The third kappa shape index (κ3) is 8.62. The minimum atomic E-state index is -4.15. The van der Waals surface area contributed by atoms with Crippen LogP contribution in [0.3, 0.4) is 0 Å². The lowest BCUT2D eigenvalue weighted by atomic mass is 9.89. The average molecular weight is 654 g/mol. The van der Waals surface area contributed by atoms with Gasteiger partial charge < -0.3 is 18.6 Å². The standard InChI is InChI=1S/C35H47NO7SSi/c1-28-13-15-30(16-14-28)43-31-17-19-32(20-18-31)44(38,39)36(23-10-24-42-45(5,6)34(2,3)4)35(21-25-40-26-22-35)33(37)41-27-29-11-8-7-9-12-29/h7-9,11-20H,10,21-27H2,1-6H3. The Hall–Kier alpha value is -3.02. The highest BCUT2D eigenvalue weighted by atomic mass is 32.2. The van der Waals surface area contributed by atoms with Gasteiger partial charge in [0.05, 0.1) is 4.90 Å². The Labute approximate surface area is 269 Å². The lowest BCUT2D eigenvalue weighted by Gasteiger charge is -2.43. The van der Waals surface area contributed by atoms with Gasteiger partial charge in [-0.1, -0.05) is 68.8 Å². The lowest BCUT2D eigenvalue weighted by molar-refractivity contribution is -0.162. The van der Waals surface area contributed by atoms with Gasteiger partial charge in [-0.3, -0.25) is 0 Å². The second-order valence-electron chi connectivity index (χ2n) is 13.1. The molecule has 3 aromatic rings. The Morgan fingerprint density at radius 3 is 2.07 bits per heavy atom. The minimum absolute atomic E-state index is 0.0182. The molecule has 0 aliphatic carbocycles. The largest absolute Gasteiger partial charge is 0.459 e. The second kappa shape index (κ2) is 14.6. The number of carbonyl (C=O) groups is 1. The van der Waals surface area contributed by atoms with Gasteiger partial charge in [-0.2, -0.15) is 4.31 Å². The van der Waals surface area contributed by atoms with E-state index >= 15 is 0 Å². The zero-order valence-electron chi connectivity index (χ0n) is 27.4. The first-order valence-electron chi connectivity index (χ1n) is 15.5. The van der Waals surface area contributed by atoms with E-state index in [4.69, 9.17) is 18.6 Å². The zero-order chi connectivity index (χ0) is 32.7. The minimum Gasteiger partial charge on any atom is -0.459 e. The van der Waals surface area contributed by atoms with Crippen LogP contribution in [0.15, 0.2) is 83.8 Å². The molecule has 0 atom stereocenters. The molecule has 244 valence electrons. The molecule has 10 heteroatoms. The highest BCUT2D eigenvalue weighted by Gasteiger charge is 2.52. The van der Waals surface area contributed by atoms with Crippen molar-refractivity contribution in [2.24, 2.45) is 0 Å². The monoisotopic (exact) mass is 653 g/mol. The summed E-state index contributed by atoms with van der Waals surface area (Å²) in [6.45, 7) is 13.9. The number of sulfonamides is 1. The number of ether oxygens (including phenoxy) is 3. The van der Waals surface area contributed by atoms with Crippen molar-refractivity contribution in [2.45, 2.75) is 82.1 Å². The van der Waals surface area contributed by atoms with Crippen LogP contribution in [-0.2, 0) is 35.3 Å². The summed E-state index contributed by atoms with van der Waals surface area (Å²) in [6.07, 6.45) is 0.810. The molecule has 0 unspecified atom stereocenters. The fourth-order valence-corrected chi connectivity index (χ4v) is 7.90. The fraction of sp³-hybridized carbons (Fsp3) is 0.457. The van der Waals surface area contributed by atoms with Crippen LogP contribution in [-0.4, -0.2) is 58.9 Å². The topological polar surface area (TPSA) is 91.4 Å². The molecule has 0 spiro atoms. The Balaban J connectivity index is 1.62. The second-order valence-corrected chi connectivity index (χ2v) is 19.8. The third-order valence-electron chi connectivity index (χ3n) is 8.83. The predicted octanol–water partition coefficient (Wildman–Crippen LogP) is 7.48. The van der Waals surface area contributed by atoms with Gasteiger partial charge in [0.15, 0.2) is 8.32 Å². The molecular weight excluding hydrogens is 607 g/mol. The van der Waals surface area contributed by atoms with Gasteiger partial charge in [-0.15, -0.1) is 0 Å². The van der Waals surface area contributed by atoms with Gasteiger partial charge in [0, 0.05) is 39.2 Å². The van der Waals surface area contributed by atoms with Crippen LogP contribution in [0.4, 0.5) is 0 Å². The Kier molecular flexibility index (Phi) is 11.3. The van der Waals surface area contributed by atoms with E-state index in [0.717, 1.165) is 11.1 Å². The molecule has 1 saturated heterocycles. The quantitative estimate of drug-likeness (QED) is 0.107. The molecule has 0 aromatic heterocycles. The van der Waals surface area contributed by atoms with E-state index in [1.165, 1.54) is 16.4 Å². The summed E-state index contributed by atoms with van der Waals surface area (Å²) in [4.78, 5) is 14.1. The summed E-state index contributed by atoms with van der Waals surface area (Å²) in [5.74, 6) is 0.597. The van der Waals surface area contributed by atoms with Gasteiger partial charge in [-0.25, -0.2) is 13.2 Å². The molecule has 0 radical (unpaired) electrons. The first-order valence-corrected chi connectivity index (χ1v) is 19.9. The number of esters is 1. The van der Waals surface area contributed by atoms with Crippen molar-refractivity contribution >= 4 is 24.3 Å². The number of benzene rings is 3. The normalized spacial score (nSPS) is 15.5. The van der Waals surface area contributed by atoms with E-state index in [0.29, 0.717) is 24.5 Å². The first-order chi connectivity index (χ1) is 21.2. The molecule has 45 heavy (non-hydrogen) atoms. The molecule has 0 bridgehead atoms. The van der Waals surface area contributed by atoms with Crippen molar-refractivity contribution in [3.8, 4) is 11.5 Å². The number of hydrogen-bond acceptors (Lipinski definition) is 7. The maximum Gasteiger partial charge on any atom is 0.328 e. The molecule has 1 aliphatic heterocycles. The van der Waals surface area contributed by atoms with Crippen LogP contribution < -0.4 is 4.74 Å². The van der Waals surface area contributed by atoms with E-state index in [9.17, 15) is 13.2 Å². The van der Waals surface area contributed by atoms with Crippen LogP contribution >= 0.6 is 0 Å². The highest BCUT2D eigenvalue weighted by molar-refractivity contribution is 7.89. The molecule has 3 aromatic carbocycles. The summed E-state index contributed by atoms with van der Waals surface area (Å²) < 4.78 is 54.1. The van der Waals surface area contributed by atoms with Crippen LogP contribution in [0, 0.1) is 6.92 Å². The summed E-state index contributed by atoms with van der Waals surface area (Å²) in [7, 11) is -6.20. The summed E-state index contributed by atoms with van der Waals surface area (Å²) in [5.41, 5.74) is 0.525. The highest BCUT2D eigenvalue weighted by Crippen LogP contribution is 2.38. The van der Waals surface area contributed by atoms with Gasteiger partial charge in [-0.05, 0) is 73.4 Å². The molecule has 1 fully saturated rings.